The van der Waals surface area contributed by atoms with Gasteiger partial charge in [-0.25, -0.2) is 17.9 Å². The molecule has 0 aromatic rings. The largest absolute Gasteiger partial charge is 0.483 e. The molecule has 20 heavy (non-hydrogen) atoms. The third-order valence-electron chi connectivity index (χ3n) is 1.72. The molecule has 0 amide bonds. The third-order valence-corrected chi connectivity index (χ3v) is 1.72. The smallest absolute Gasteiger partial charge is 0.245 e. The van der Waals surface area contributed by atoms with Gasteiger partial charge < -0.3 is 0 Å². The minimum absolute atomic E-state index is 1.38. The van der Waals surface area contributed by atoms with E-state index in [1.54, 1.807) is 0 Å². The lowest BCUT2D eigenvalue weighted by atomic mass is 10.1. The molecule has 0 aromatic carbocycles. The van der Waals surface area contributed by atoms with Gasteiger partial charge in [0.15, 0.2) is 0 Å². The molecule has 0 aliphatic carbocycles. The number of rotatable bonds is 4. The molecule has 14 heteroatoms. The van der Waals surface area contributed by atoms with Crippen LogP contribution in [-0.4, -0.2) is 36.7 Å². The molecule has 0 aromatic heterocycles. The Morgan fingerprint density at radius 1 is 0.550 bits per heavy atom. The molecule has 0 radical (unpaired) electrons. The van der Waals surface area contributed by atoms with Crippen LogP contribution in [0.5, 0.6) is 0 Å². The van der Waals surface area contributed by atoms with Crippen LogP contribution in [0.3, 0.4) is 0 Å². The van der Waals surface area contributed by atoms with E-state index in [0.717, 1.165) is 0 Å². The number of hydrogen-bond donors (Lipinski definition) is 0. The van der Waals surface area contributed by atoms with Crippen LogP contribution in [-0.2, 0) is 4.74 Å². The average Bonchev–Trinajstić information content (AvgIpc) is 2.10. The Bertz CT molecular complexity index is 340. The van der Waals surface area contributed by atoms with Crippen molar-refractivity contribution in [1.82, 2.24) is 0 Å². The van der Waals surface area contributed by atoms with E-state index < -0.39 is 36.7 Å². The van der Waals surface area contributed by atoms with Gasteiger partial charge in [0.1, 0.15) is 0 Å². The molecule has 0 aliphatic heterocycles. The molecule has 0 heterocycles. The van der Waals surface area contributed by atoms with Gasteiger partial charge in [-0.2, -0.15) is 43.9 Å². The second-order valence-electron chi connectivity index (χ2n) is 3.14. The molecule has 0 aliphatic rings. The molecule has 1 unspecified atom stereocenters. The van der Waals surface area contributed by atoms with Crippen LogP contribution >= 0.6 is 0 Å². The average molecular weight is 336 g/mol. The van der Waals surface area contributed by atoms with E-state index in [9.17, 15) is 57.1 Å². The van der Waals surface area contributed by atoms with Crippen LogP contribution in [0, 0.1) is 0 Å². The van der Waals surface area contributed by atoms with E-state index in [-0.39, 0.29) is 0 Å². The van der Waals surface area contributed by atoms with Crippen LogP contribution in [0.4, 0.5) is 57.1 Å². The highest BCUT2D eigenvalue weighted by molar-refractivity contribution is 4.98. The summed E-state index contributed by atoms with van der Waals surface area (Å²) in [5.41, 5.74) is -7.06. The topological polar surface area (TPSA) is 9.23 Å². The lowest BCUT2D eigenvalue weighted by Crippen LogP contribution is -2.64. The molecule has 0 saturated heterocycles. The number of hydrogen-bond acceptors (Lipinski definition) is 1. The zero-order valence-corrected chi connectivity index (χ0v) is 8.40. The minimum Gasteiger partial charge on any atom is -0.245 e. The molecule has 0 fully saturated rings. The highest BCUT2D eigenvalue weighted by Crippen LogP contribution is 2.52. The minimum atomic E-state index is -7.21. The lowest BCUT2D eigenvalue weighted by molar-refractivity contribution is -0.499. The molecule has 1 nitrogen and oxygen atoms in total. The van der Waals surface area contributed by atoms with Gasteiger partial charge >= 0.3 is 30.2 Å². The van der Waals surface area contributed by atoms with Crippen molar-refractivity contribution in [2.24, 2.45) is 0 Å². The second kappa shape index (κ2) is 4.80. The number of ether oxygens (including phenoxy) is 1. The third kappa shape index (κ3) is 3.03. The lowest BCUT2D eigenvalue weighted by Gasteiger charge is -2.35. The number of halogens is 13. The highest BCUT2D eigenvalue weighted by Gasteiger charge is 2.81. The van der Waals surface area contributed by atoms with Gasteiger partial charge in [-0.15, -0.1) is 0 Å². The Kier molecular flexibility index (Phi) is 4.58. The van der Waals surface area contributed by atoms with Gasteiger partial charge in [0.05, 0.1) is 0 Å². The molecule has 0 spiro atoms. The standard InChI is InChI=1S/C6HF13O/c7-1(8)2(9,3(10,11)12)5(16,17)20-6(18,19)4(13,14)15/h1H. The summed E-state index contributed by atoms with van der Waals surface area (Å²) in [6.45, 7) is 0. The molecular weight excluding hydrogens is 335 g/mol. The van der Waals surface area contributed by atoms with Crippen molar-refractivity contribution in [2.45, 2.75) is 36.7 Å². The fourth-order valence-corrected chi connectivity index (χ4v) is 0.709. The van der Waals surface area contributed by atoms with Gasteiger partial charge in [0, 0.05) is 0 Å². The Hall–Kier alpha value is -0.950. The van der Waals surface area contributed by atoms with Gasteiger partial charge in [-0.05, 0) is 0 Å². The predicted molar refractivity (Wildman–Crippen MR) is 32.9 cm³/mol. The van der Waals surface area contributed by atoms with Gasteiger partial charge in [0.2, 0.25) is 0 Å². The monoisotopic (exact) mass is 336 g/mol. The molecule has 0 saturated carbocycles. The fraction of sp³-hybridized carbons (Fsp3) is 1.00. The Morgan fingerprint density at radius 2 is 0.900 bits per heavy atom. The predicted octanol–water partition coefficient (Wildman–Crippen LogP) is 4.29. The van der Waals surface area contributed by atoms with Gasteiger partial charge in [0.25, 0.3) is 6.43 Å². The first-order chi connectivity index (χ1) is 8.40. The first kappa shape index (κ1) is 19.1. The summed E-state index contributed by atoms with van der Waals surface area (Å²) in [7, 11) is 0. The second-order valence-corrected chi connectivity index (χ2v) is 3.14. The summed E-state index contributed by atoms with van der Waals surface area (Å²) in [6.07, 6.45) is -34.1. The maximum Gasteiger partial charge on any atom is 0.483 e. The highest BCUT2D eigenvalue weighted by atomic mass is 19.4. The molecular formula is C6HF13O. The van der Waals surface area contributed by atoms with Gasteiger partial charge in [-0.3, -0.25) is 0 Å². The summed E-state index contributed by atoms with van der Waals surface area (Å²) in [6, 6.07) is 0. The fourth-order valence-electron chi connectivity index (χ4n) is 0.709. The van der Waals surface area contributed by atoms with Crippen molar-refractivity contribution in [3.05, 3.63) is 0 Å². The zero-order chi connectivity index (χ0) is 16.8. The van der Waals surface area contributed by atoms with Crippen molar-refractivity contribution in [1.29, 1.82) is 0 Å². The van der Waals surface area contributed by atoms with Crippen molar-refractivity contribution < 1.29 is 61.8 Å². The maximum atomic E-state index is 12.7. The first-order valence-electron chi connectivity index (χ1n) is 3.96. The normalized spacial score (nSPS) is 18.3. The molecule has 1 atom stereocenters. The van der Waals surface area contributed by atoms with Crippen molar-refractivity contribution in [3.8, 4) is 0 Å². The summed E-state index contributed by atoms with van der Waals surface area (Å²) in [5.74, 6) is 0. The van der Waals surface area contributed by atoms with Crippen molar-refractivity contribution >= 4 is 0 Å². The van der Waals surface area contributed by atoms with Crippen LogP contribution in [0.15, 0.2) is 0 Å². The van der Waals surface area contributed by atoms with Crippen LogP contribution in [0.2, 0.25) is 0 Å². The Labute approximate surface area is 99.8 Å². The summed E-state index contributed by atoms with van der Waals surface area (Å²) in [5, 5.41) is 0. The maximum absolute atomic E-state index is 12.7. The van der Waals surface area contributed by atoms with Crippen LogP contribution in [0.1, 0.15) is 0 Å². The SMILES string of the molecule is FC(F)C(F)(C(F)(F)F)C(F)(F)OC(F)(F)C(F)(F)F. The Morgan fingerprint density at radius 3 is 1.10 bits per heavy atom. The van der Waals surface area contributed by atoms with E-state index in [1.807, 2.05) is 0 Å². The molecule has 0 N–H and O–H groups in total. The summed E-state index contributed by atoms with van der Waals surface area (Å²) < 4.78 is 156. The first-order valence-corrected chi connectivity index (χ1v) is 3.96. The Balaban J connectivity index is 5.72. The van der Waals surface area contributed by atoms with E-state index in [1.165, 1.54) is 4.74 Å². The zero-order valence-electron chi connectivity index (χ0n) is 8.40. The quantitative estimate of drug-likeness (QED) is 0.696. The molecule has 0 rings (SSSR count). The van der Waals surface area contributed by atoms with Crippen molar-refractivity contribution in [2.75, 3.05) is 0 Å². The van der Waals surface area contributed by atoms with Crippen molar-refractivity contribution in [3.63, 3.8) is 0 Å². The van der Waals surface area contributed by atoms with E-state index >= 15 is 0 Å². The van der Waals surface area contributed by atoms with E-state index in [2.05, 4.69) is 0 Å². The van der Waals surface area contributed by atoms with Crippen LogP contribution < -0.4 is 0 Å². The van der Waals surface area contributed by atoms with E-state index in [4.69, 9.17) is 0 Å². The van der Waals surface area contributed by atoms with Crippen LogP contribution in [0.25, 0.3) is 0 Å². The number of alkyl halides is 13. The summed E-state index contributed by atoms with van der Waals surface area (Å²) >= 11 is 0. The summed E-state index contributed by atoms with van der Waals surface area (Å²) in [4.78, 5) is 0. The molecule has 0 bridgehead atoms. The van der Waals surface area contributed by atoms with E-state index in [0.29, 0.717) is 0 Å². The molecule has 122 valence electrons. The van der Waals surface area contributed by atoms with Gasteiger partial charge in [-0.1, -0.05) is 0 Å².